The number of hydrogen-bond acceptors (Lipinski definition) is 1. The Morgan fingerprint density at radius 1 is 1.20 bits per heavy atom. The molecule has 1 fully saturated rings. The maximum Gasteiger partial charge on any atom is 0.0540 e. The molecule has 1 saturated carbocycles. The van der Waals surface area contributed by atoms with Gasteiger partial charge < -0.3 is 5.11 Å². The van der Waals surface area contributed by atoms with Crippen LogP contribution in [0.4, 0.5) is 0 Å². The van der Waals surface area contributed by atoms with Crippen LogP contribution in [0.3, 0.4) is 0 Å². The maximum absolute atomic E-state index is 9.14. The predicted molar refractivity (Wildman–Crippen MR) is 45.0 cm³/mol. The molecular formula is C9H20O. The van der Waals surface area contributed by atoms with E-state index < -0.39 is 0 Å². The van der Waals surface area contributed by atoms with Crippen molar-refractivity contribution in [3.63, 3.8) is 0 Å². The van der Waals surface area contributed by atoms with Crippen LogP contribution in [-0.4, -0.2) is 11.2 Å². The van der Waals surface area contributed by atoms with E-state index in [1.165, 1.54) is 12.8 Å². The van der Waals surface area contributed by atoms with E-state index in [4.69, 9.17) is 5.11 Å². The molecule has 0 unspecified atom stereocenters. The van der Waals surface area contributed by atoms with Crippen molar-refractivity contribution in [3.05, 3.63) is 0 Å². The summed E-state index contributed by atoms with van der Waals surface area (Å²) in [6, 6.07) is 0. The van der Waals surface area contributed by atoms with Crippen LogP contribution < -0.4 is 0 Å². The van der Waals surface area contributed by atoms with Crippen LogP contribution in [-0.2, 0) is 0 Å². The predicted octanol–water partition coefficient (Wildman–Crippen LogP) is 2.58. The summed E-state index contributed by atoms with van der Waals surface area (Å²) >= 11 is 0. The third-order valence-corrected chi connectivity index (χ3v) is 2.31. The molecule has 0 atom stereocenters. The Balaban J connectivity index is 0.000000810. The zero-order valence-electron chi connectivity index (χ0n) is 6.35. The van der Waals surface area contributed by atoms with Gasteiger partial charge in [-0.3, -0.25) is 0 Å². The SMILES string of the molecule is C.CC1(C)CCC(O)CC1. The second kappa shape index (κ2) is 3.38. The molecule has 1 rings (SSSR count). The Kier molecular flexibility index (Phi) is 3.37. The summed E-state index contributed by atoms with van der Waals surface area (Å²) in [6.07, 6.45) is 4.39. The summed E-state index contributed by atoms with van der Waals surface area (Å²) < 4.78 is 0. The molecule has 1 aliphatic rings. The number of aliphatic hydroxyl groups excluding tert-OH is 1. The summed E-state index contributed by atoms with van der Waals surface area (Å²) in [6.45, 7) is 4.55. The highest BCUT2D eigenvalue weighted by atomic mass is 16.3. The first-order chi connectivity index (χ1) is 4.10. The summed E-state index contributed by atoms with van der Waals surface area (Å²) in [7, 11) is 0. The van der Waals surface area contributed by atoms with Crippen molar-refractivity contribution in [3.8, 4) is 0 Å². The van der Waals surface area contributed by atoms with Crippen LogP contribution >= 0.6 is 0 Å². The third kappa shape index (κ3) is 2.70. The summed E-state index contributed by atoms with van der Waals surface area (Å²) in [4.78, 5) is 0. The quantitative estimate of drug-likeness (QED) is 0.554. The lowest BCUT2D eigenvalue weighted by atomic mass is 9.76. The number of hydrogen-bond donors (Lipinski definition) is 1. The van der Waals surface area contributed by atoms with E-state index in [0.29, 0.717) is 5.41 Å². The third-order valence-electron chi connectivity index (χ3n) is 2.31. The van der Waals surface area contributed by atoms with E-state index in [9.17, 15) is 0 Å². The second-order valence-corrected chi connectivity index (χ2v) is 3.90. The first-order valence-corrected chi connectivity index (χ1v) is 3.78. The van der Waals surface area contributed by atoms with Gasteiger partial charge in [0.05, 0.1) is 6.10 Å². The van der Waals surface area contributed by atoms with E-state index in [1.807, 2.05) is 0 Å². The minimum absolute atomic E-state index is 0. The number of rotatable bonds is 0. The molecule has 0 heterocycles. The molecule has 0 spiro atoms. The van der Waals surface area contributed by atoms with Crippen molar-refractivity contribution in [1.29, 1.82) is 0 Å². The summed E-state index contributed by atoms with van der Waals surface area (Å²) in [5.74, 6) is 0. The monoisotopic (exact) mass is 144 g/mol. The Morgan fingerprint density at radius 2 is 1.60 bits per heavy atom. The van der Waals surface area contributed by atoms with Gasteiger partial charge in [0, 0.05) is 0 Å². The lowest BCUT2D eigenvalue weighted by molar-refractivity contribution is 0.0800. The van der Waals surface area contributed by atoms with Crippen LogP contribution in [0, 0.1) is 5.41 Å². The molecule has 0 radical (unpaired) electrons. The summed E-state index contributed by atoms with van der Waals surface area (Å²) in [5.41, 5.74) is 0.499. The lowest BCUT2D eigenvalue weighted by Gasteiger charge is -2.31. The van der Waals surface area contributed by atoms with Crippen molar-refractivity contribution in [2.45, 2.75) is 53.1 Å². The average Bonchev–Trinajstić information content (AvgIpc) is 1.78. The Bertz CT molecular complexity index is 86.9. The molecule has 1 N–H and O–H groups in total. The topological polar surface area (TPSA) is 20.2 Å². The minimum atomic E-state index is -0.00183. The van der Waals surface area contributed by atoms with Crippen LogP contribution in [0.25, 0.3) is 0 Å². The molecule has 0 aromatic carbocycles. The summed E-state index contributed by atoms with van der Waals surface area (Å²) in [5, 5.41) is 9.14. The fourth-order valence-electron chi connectivity index (χ4n) is 1.38. The molecule has 1 aliphatic carbocycles. The molecule has 1 nitrogen and oxygen atoms in total. The van der Waals surface area contributed by atoms with Gasteiger partial charge in [-0.05, 0) is 31.1 Å². The van der Waals surface area contributed by atoms with Crippen LogP contribution in [0.15, 0.2) is 0 Å². The van der Waals surface area contributed by atoms with Crippen molar-refractivity contribution in [1.82, 2.24) is 0 Å². The van der Waals surface area contributed by atoms with E-state index >= 15 is 0 Å². The van der Waals surface area contributed by atoms with Gasteiger partial charge >= 0.3 is 0 Å². The highest BCUT2D eigenvalue weighted by molar-refractivity contribution is 4.77. The maximum atomic E-state index is 9.14. The number of aliphatic hydroxyl groups is 1. The molecule has 0 bridgehead atoms. The molecule has 0 aromatic heterocycles. The zero-order valence-corrected chi connectivity index (χ0v) is 6.35. The molecule has 62 valence electrons. The van der Waals surface area contributed by atoms with E-state index in [0.717, 1.165) is 12.8 Å². The van der Waals surface area contributed by atoms with Crippen molar-refractivity contribution in [2.24, 2.45) is 5.41 Å². The van der Waals surface area contributed by atoms with Gasteiger partial charge in [-0.15, -0.1) is 0 Å². The van der Waals surface area contributed by atoms with E-state index in [-0.39, 0.29) is 13.5 Å². The van der Waals surface area contributed by atoms with Gasteiger partial charge in [-0.2, -0.15) is 0 Å². The average molecular weight is 144 g/mol. The van der Waals surface area contributed by atoms with Crippen LogP contribution in [0.5, 0.6) is 0 Å². The second-order valence-electron chi connectivity index (χ2n) is 3.90. The molecule has 0 saturated heterocycles. The van der Waals surface area contributed by atoms with Crippen LogP contribution in [0.1, 0.15) is 47.0 Å². The van der Waals surface area contributed by atoms with Gasteiger partial charge in [0.25, 0.3) is 0 Å². The highest BCUT2D eigenvalue weighted by Gasteiger charge is 2.24. The molecule has 1 heteroatoms. The zero-order chi connectivity index (χ0) is 6.91. The van der Waals surface area contributed by atoms with Crippen LogP contribution in [0.2, 0.25) is 0 Å². The molecule has 0 aliphatic heterocycles. The minimum Gasteiger partial charge on any atom is -0.393 e. The van der Waals surface area contributed by atoms with Gasteiger partial charge in [0.2, 0.25) is 0 Å². The fraction of sp³-hybridized carbons (Fsp3) is 1.00. The van der Waals surface area contributed by atoms with Crippen molar-refractivity contribution in [2.75, 3.05) is 0 Å². The first-order valence-electron chi connectivity index (χ1n) is 3.78. The van der Waals surface area contributed by atoms with Gasteiger partial charge in [-0.25, -0.2) is 0 Å². The highest BCUT2D eigenvalue weighted by Crippen LogP contribution is 2.34. The fourth-order valence-corrected chi connectivity index (χ4v) is 1.38. The lowest BCUT2D eigenvalue weighted by Crippen LogP contribution is -2.23. The molecule has 10 heavy (non-hydrogen) atoms. The van der Waals surface area contributed by atoms with E-state index in [1.54, 1.807) is 0 Å². The Labute approximate surface area is 64.5 Å². The van der Waals surface area contributed by atoms with Gasteiger partial charge in [-0.1, -0.05) is 21.3 Å². The Hall–Kier alpha value is -0.0400. The van der Waals surface area contributed by atoms with E-state index in [2.05, 4.69) is 13.8 Å². The molecule has 0 amide bonds. The first kappa shape index (κ1) is 9.96. The van der Waals surface area contributed by atoms with Crippen molar-refractivity contribution < 1.29 is 5.11 Å². The van der Waals surface area contributed by atoms with Crippen molar-refractivity contribution >= 4 is 0 Å². The largest absolute Gasteiger partial charge is 0.393 e. The smallest absolute Gasteiger partial charge is 0.0540 e. The van der Waals surface area contributed by atoms with Gasteiger partial charge in [0.1, 0.15) is 0 Å². The standard InChI is InChI=1S/C8H16O.CH4/c1-8(2)5-3-7(9)4-6-8;/h7,9H,3-6H2,1-2H3;1H4. The normalized spacial score (nSPS) is 25.5. The Morgan fingerprint density at radius 3 is 1.90 bits per heavy atom. The molecular weight excluding hydrogens is 124 g/mol. The van der Waals surface area contributed by atoms with Gasteiger partial charge in [0.15, 0.2) is 0 Å². The molecule has 0 aromatic rings.